The number of hydrogen-bond acceptors (Lipinski definition) is 5. The second-order valence-electron chi connectivity index (χ2n) is 7.72. The summed E-state index contributed by atoms with van der Waals surface area (Å²) >= 11 is 0. The van der Waals surface area contributed by atoms with Gasteiger partial charge in [0.1, 0.15) is 6.04 Å². The summed E-state index contributed by atoms with van der Waals surface area (Å²) in [6.45, 7) is 10.6. The van der Waals surface area contributed by atoms with Gasteiger partial charge in [-0.25, -0.2) is 8.42 Å². The summed E-state index contributed by atoms with van der Waals surface area (Å²) in [6.07, 6.45) is 1.27. The van der Waals surface area contributed by atoms with Crippen molar-refractivity contribution in [3.8, 4) is 0 Å². The lowest BCUT2D eigenvalue weighted by Crippen LogP contribution is -2.48. The molecule has 0 aromatic heterocycles. The molecule has 1 aliphatic rings. The van der Waals surface area contributed by atoms with Crippen molar-refractivity contribution in [3.63, 3.8) is 0 Å². The molecular weight excluding hydrogens is 378 g/mol. The molecule has 1 atom stereocenters. The lowest BCUT2D eigenvalue weighted by atomic mass is 10.0. The van der Waals surface area contributed by atoms with Gasteiger partial charge in [0.05, 0.1) is 18.1 Å². The molecule has 0 aliphatic carbocycles. The van der Waals surface area contributed by atoms with Crippen molar-refractivity contribution in [3.05, 3.63) is 29.8 Å². The van der Waals surface area contributed by atoms with Gasteiger partial charge >= 0.3 is 0 Å². The van der Waals surface area contributed by atoms with Crippen LogP contribution in [-0.4, -0.2) is 64.7 Å². The first-order valence-corrected chi connectivity index (χ1v) is 11.4. The van der Waals surface area contributed by atoms with E-state index in [0.29, 0.717) is 13.0 Å². The molecule has 1 unspecified atom stereocenters. The van der Waals surface area contributed by atoms with Crippen molar-refractivity contribution >= 4 is 15.9 Å². The number of carbonyl (C=O) groups excluding carboxylic acids is 1. The number of rotatable bonds is 10. The Morgan fingerprint density at radius 1 is 1.18 bits per heavy atom. The average Bonchev–Trinajstić information content (AvgIpc) is 2.65. The molecule has 7 nitrogen and oxygen atoms in total. The summed E-state index contributed by atoms with van der Waals surface area (Å²) in [5, 5.41) is 2.89. The molecule has 0 radical (unpaired) electrons. The monoisotopic (exact) mass is 411 g/mol. The number of carbonyl (C=O) groups is 1. The average molecular weight is 412 g/mol. The smallest absolute Gasteiger partial charge is 0.241 e. The molecule has 2 N–H and O–H groups in total. The minimum atomic E-state index is -3.75. The maximum absolute atomic E-state index is 12.7. The Morgan fingerprint density at radius 2 is 1.82 bits per heavy atom. The topological polar surface area (TPSA) is 87.7 Å². The van der Waals surface area contributed by atoms with Crippen LogP contribution in [-0.2, 0) is 19.6 Å². The molecule has 28 heavy (non-hydrogen) atoms. The Bertz CT molecular complexity index is 713. The third kappa shape index (κ3) is 7.50. The first-order chi connectivity index (χ1) is 13.3. The van der Waals surface area contributed by atoms with Crippen molar-refractivity contribution < 1.29 is 17.9 Å². The molecule has 0 bridgehead atoms. The summed E-state index contributed by atoms with van der Waals surface area (Å²) < 4.78 is 33.2. The van der Waals surface area contributed by atoms with E-state index in [9.17, 15) is 13.2 Å². The molecule has 8 heteroatoms. The molecule has 1 heterocycles. The molecule has 1 aromatic carbocycles. The van der Waals surface area contributed by atoms with Gasteiger partial charge in [0.2, 0.25) is 15.9 Å². The van der Waals surface area contributed by atoms with E-state index >= 15 is 0 Å². The van der Waals surface area contributed by atoms with Crippen LogP contribution in [0.15, 0.2) is 29.2 Å². The molecule has 158 valence electrons. The maximum atomic E-state index is 12.7. The van der Waals surface area contributed by atoms with Gasteiger partial charge in [0.25, 0.3) is 0 Å². The Morgan fingerprint density at radius 3 is 2.43 bits per heavy atom. The van der Waals surface area contributed by atoms with Gasteiger partial charge in [-0.05, 0) is 44.4 Å². The Hall–Kier alpha value is -1.48. The second kappa shape index (κ2) is 10.9. The molecular formula is C20H33N3O4S. The number of ether oxygens (including phenoxy) is 1. The van der Waals surface area contributed by atoms with Crippen LogP contribution < -0.4 is 10.0 Å². The van der Waals surface area contributed by atoms with Gasteiger partial charge in [-0.3, -0.25) is 9.69 Å². The number of amides is 1. The minimum Gasteiger partial charge on any atom is -0.379 e. The van der Waals surface area contributed by atoms with Gasteiger partial charge in [-0.15, -0.1) is 0 Å². The molecule has 0 spiro atoms. The summed E-state index contributed by atoms with van der Waals surface area (Å²) in [4.78, 5) is 15.1. The quantitative estimate of drug-likeness (QED) is 0.570. The van der Waals surface area contributed by atoms with E-state index in [0.717, 1.165) is 44.8 Å². The van der Waals surface area contributed by atoms with Crippen LogP contribution in [0.4, 0.5) is 0 Å². The van der Waals surface area contributed by atoms with Crippen molar-refractivity contribution in [1.82, 2.24) is 14.9 Å². The Kier molecular flexibility index (Phi) is 8.88. The van der Waals surface area contributed by atoms with E-state index < -0.39 is 16.1 Å². The van der Waals surface area contributed by atoms with Crippen molar-refractivity contribution in [1.29, 1.82) is 0 Å². The molecule has 1 saturated heterocycles. The van der Waals surface area contributed by atoms with Gasteiger partial charge in [0.15, 0.2) is 0 Å². The van der Waals surface area contributed by atoms with Crippen LogP contribution >= 0.6 is 0 Å². The predicted molar refractivity (Wildman–Crippen MR) is 110 cm³/mol. The number of morpholine rings is 1. The number of benzene rings is 1. The number of nitrogens with zero attached hydrogens (tertiary/aromatic N) is 1. The van der Waals surface area contributed by atoms with E-state index in [1.807, 2.05) is 20.8 Å². The highest BCUT2D eigenvalue weighted by Crippen LogP contribution is 2.13. The third-order valence-electron chi connectivity index (χ3n) is 4.71. The van der Waals surface area contributed by atoms with Crippen molar-refractivity contribution in [2.75, 3.05) is 39.4 Å². The molecule has 1 amide bonds. The Labute approximate surface area is 168 Å². The van der Waals surface area contributed by atoms with Gasteiger partial charge in [-0.2, -0.15) is 4.72 Å². The van der Waals surface area contributed by atoms with E-state index in [-0.39, 0.29) is 16.7 Å². The van der Waals surface area contributed by atoms with Crippen LogP contribution in [0, 0.1) is 12.8 Å². The van der Waals surface area contributed by atoms with Gasteiger partial charge < -0.3 is 10.1 Å². The normalized spacial score (nSPS) is 16.9. The zero-order valence-electron chi connectivity index (χ0n) is 17.1. The van der Waals surface area contributed by atoms with Crippen LogP contribution in [0.1, 0.15) is 32.3 Å². The lowest BCUT2D eigenvalue weighted by molar-refractivity contribution is -0.123. The zero-order chi connectivity index (χ0) is 20.6. The van der Waals surface area contributed by atoms with Crippen molar-refractivity contribution in [2.45, 2.75) is 44.6 Å². The van der Waals surface area contributed by atoms with Gasteiger partial charge in [0, 0.05) is 19.6 Å². The molecule has 2 rings (SSSR count). The number of sulfonamides is 1. The largest absolute Gasteiger partial charge is 0.379 e. The third-order valence-corrected chi connectivity index (χ3v) is 6.19. The SMILES string of the molecule is Cc1ccc(S(=O)(=O)NC(CC(C)C)C(=O)NCCCN2CCOCC2)cc1. The van der Waals surface area contributed by atoms with E-state index in [4.69, 9.17) is 4.74 Å². The lowest BCUT2D eigenvalue weighted by Gasteiger charge is -2.26. The molecule has 0 saturated carbocycles. The van der Waals surface area contributed by atoms with Crippen LogP contribution in [0.5, 0.6) is 0 Å². The van der Waals surface area contributed by atoms with E-state index in [1.165, 1.54) is 0 Å². The Balaban J connectivity index is 1.90. The van der Waals surface area contributed by atoms with Gasteiger partial charge in [-0.1, -0.05) is 31.5 Å². The standard InChI is InChI=1S/C20H33N3O4S/c1-16(2)15-19(22-28(25,26)18-7-5-17(3)6-8-18)20(24)21-9-4-10-23-11-13-27-14-12-23/h5-8,16,19,22H,4,9-15H2,1-3H3,(H,21,24). The number of nitrogens with one attached hydrogen (secondary N) is 2. The fraction of sp³-hybridized carbons (Fsp3) is 0.650. The summed E-state index contributed by atoms with van der Waals surface area (Å²) in [5.74, 6) is -0.0869. The first kappa shape index (κ1) is 22.8. The fourth-order valence-corrected chi connectivity index (χ4v) is 4.32. The van der Waals surface area contributed by atoms with Crippen molar-refractivity contribution in [2.24, 2.45) is 5.92 Å². The summed E-state index contributed by atoms with van der Waals surface area (Å²) in [7, 11) is -3.75. The first-order valence-electron chi connectivity index (χ1n) is 9.95. The zero-order valence-corrected chi connectivity index (χ0v) is 17.9. The second-order valence-corrected chi connectivity index (χ2v) is 9.43. The molecule has 1 aromatic rings. The van der Waals surface area contributed by atoms with Crippen LogP contribution in [0.3, 0.4) is 0 Å². The minimum absolute atomic E-state index is 0.173. The molecule has 1 fully saturated rings. The highest BCUT2D eigenvalue weighted by atomic mass is 32.2. The highest BCUT2D eigenvalue weighted by Gasteiger charge is 2.26. The maximum Gasteiger partial charge on any atom is 0.241 e. The summed E-state index contributed by atoms with van der Waals surface area (Å²) in [5.41, 5.74) is 0.982. The van der Waals surface area contributed by atoms with Crippen LogP contribution in [0.2, 0.25) is 0 Å². The summed E-state index contributed by atoms with van der Waals surface area (Å²) in [6, 6.07) is 5.83. The number of aryl methyl sites for hydroxylation is 1. The fourth-order valence-electron chi connectivity index (χ4n) is 3.12. The van der Waals surface area contributed by atoms with E-state index in [1.54, 1.807) is 24.3 Å². The number of hydrogen-bond donors (Lipinski definition) is 2. The van der Waals surface area contributed by atoms with Crippen LogP contribution in [0.25, 0.3) is 0 Å². The van der Waals surface area contributed by atoms with E-state index in [2.05, 4.69) is 14.9 Å². The highest BCUT2D eigenvalue weighted by molar-refractivity contribution is 7.89. The predicted octanol–water partition coefficient (Wildman–Crippen LogP) is 1.53. The molecule has 1 aliphatic heterocycles.